The first-order valence-electron chi connectivity index (χ1n) is 8.81. The SMILES string of the molecule is Cc1cc(C)c(C)c(-c2cc3c(-c4cnccn4)cccc3c[n+]2C)c1. The zero-order chi connectivity index (χ0) is 18.3. The van der Waals surface area contributed by atoms with Crippen molar-refractivity contribution in [1.29, 1.82) is 0 Å². The molecule has 2 aromatic carbocycles. The van der Waals surface area contributed by atoms with Gasteiger partial charge in [-0.15, -0.1) is 0 Å². The third kappa shape index (κ3) is 2.76. The van der Waals surface area contributed by atoms with Gasteiger partial charge in [-0.25, -0.2) is 4.57 Å². The Bertz CT molecular complexity index is 1120. The van der Waals surface area contributed by atoms with Crippen molar-refractivity contribution in [3.05, 3.63) is 77.9 Å². The Morgan fingerprint density at radius 3 is 2.54 bits per heavy atom. The second-order valence-corrected chi connectivity index (χ2v) is 6.92. The molecule has 4 rings (SSSR count). The van der Waals surface area contributed by atoms with Crippen LogP contribution in [0.3, 0.4) is 0 Å². The Hall–Kier alpha value is -3.07. The van der Waals surface area contributed by atoms with E-state index < -0.39 is 0 Å². The van der Waals surface area contributed by atoms with Gasteiger partial charge in [-0.3, -0.25) is 9.97 Å². The van der Waals surface area contributed by atoms with Gasteiger partial charge in [0.25, 0.3) is 0 Å². The van der Waals surface area contributed by atoms with E-state index in [1.807, 2.05) is 6.20 Å². The fourth-order valence-electron chi connectivity index (χ4n) is 3.61. The second-order valence-electron chi connectivity index (χ2n) is 6.92. The van der Waals surface area contributed by atoms with E-state index in [2.05, 4.69) is 84.9 Å². The van der Waals surface area contributed by atoms with Crippen LogP contribution in [0, 0.1) is 20.8 Å². The minimum atomic E-state index is 0.898. The first kappa shape index (κ1) is 16.4. The Labute approximate surface area is 154 Å². The summed E-state index contributed by atoms with van der Waals surface area (Å²) in [5, 5.41) is 2.39. The lowest BCUT2D eigenvalue weighted by Crippen LogP contribution is -2.30. The summed E-state index contributed by atoms with van der Waals surface area (Å²) in [5.74, 6) is 0. The van der Waals surface area contributed by atoms with E-state index in [-0.39, 0.29) is 0 Å². The lowest BCUT2D eigenvalue weighted by molar-refractivity contribution is -0.659. The molecule has 0 atom stereocenters. The van der Waals surface area contributed by atoms with Crippen LogP contribution >= 0.6 is 0 Å². The molecule has 0 unspecified atom stereocenters. The van der Waals surface area contributed by atoms with Gasteiger partial charge in [0.15, 0.2) is 6.20 Å². The number of fused-ring (bicyclic) bond motifs is 1. The zero-order valence-electron chi connectivity index (χ0n) is 15.6. The van der Waals surface area contributed by atoms with Crippen LogP contribution in [0.1, 0.15) is 16.7 Å². The summed E-state index contributed by atoms with van der Waals surface area (Å²) in [6.07, 6.45) is 7.47. The van der Waals surface area contributed by atoms with Crippen LogP contribution < -0.4 is 4.57 Å². The third-order valence-electron chi connectivity index (χ3n) is 5.06. The molecule has 2 heterocycles. The maximum atomic E-state index is 4.50. The molecule has 128 valence electrons. The summed E-state index contributed by atoms with van der Waals surface area (Å²) < 4.78 is 2.21. The van der Waals surface area contributed by atoms with Crippen LogP contribution in [-0.4, -0.2) is 9.97 Å². The molecule has 0 N–H and O–H groups in total. The predicted octanol–water partition coefficient (Wildman–Crippen LogP) is 4.71. The molecular weight excluding hydrogens is 318 g/mol. The largest absolute Gasteiger partial charge is 0.261 e. The highest BCUT2D eigenvalue weighted by molar-refractivity contribution is 5.96. The average Bonchev–Trinajstić information content (AvgIpc) is 2.64. The lowest BCUT2D eigenvalue weighted by Gasteiger charge is -2.11. The topological polar surface area (TPSA) is 29.7 Å². The lowest BCUT2D eigenvalue weighted by atomic mass is 9.95. The summed E-state index contributed by atoms with van der Waals surface area (Å²) in [6, 6.07) is 13.1. The second kappa shape index (κ2) is 6.34. The predicted molar refractivity (Wildman–Crippen MR) is 106 cm³/mol. The van der Waals surface area contributed by atoms with Crippen LogP contribution in [0.15, 0.2) is 61.2 Å². The normalized spacial score (nSPS) is 11.1. The van der Waals surface area contributed by atoms with Crippen LogP contribution in [0.2, 0.25) is 0 Å². The van der Waals surface area contributed by atoms with E-state index in [4.69, 9.17) is 0 Å². The fraction of sp³-hybridized carbons (Fsp3) is 0.174. The van der Waals surface area contributed by atoms with Gasteiger partial charge in [-0.2, -0.15) is 0 Å². The number of rotatable bonds is 2. The molecule has 0 bridgehead atoms. The van der Waals surface area contributed by atoms with Gasteiger partial charge in [0, 0.05) is 40.4 Å². The van der Waals surface area contributed by atoms with Crippen molar-refractivity contribution in [3.63, 3.8) is 0 Å². The maximum absolute atomic E-state index is 4.50. The van der Waals surface area contributed by atoms with Crippen molar-refractivity contribution in [2.45, 2.75) is 20.8 Å². The number of hydrogen-bond acceptors (Lipinski definition) is 2. The highest BCUT2D eigenvalue weighted by Crippen LogP contribution is 2.31. The molecule has 0 spiro atoms. The number of nitrogens with zero attached hydrogens (tertiary/aromatic N) is 3. The highest BCUT2D eigenvalue weighted by atomic mass is 14.9. The highest BCUT2D eigenvalue weighted by Gasteiger charge is 2.17. The van der Waals surface area contributed by atoms with E-state index in [1.54, 1.807) is 12.4 Å². The van der Waals surface area contributed by atoms with Gasteiger partial charge in [0.2, 0.25) is 5.69 Å². The molecule has 0 fully saturated rings. The van der Waals surface area contributed by atoms with Crippen LogP contribution in [0.5, 0.6) is 0 Å². The average molecular weight is 340 g/mol. The Morgan fingerprint density at radius 2 is 1.77 bits per heavy atom. The van der Waals surface area contributed by atoms with Gasteiger partial charge in [-0.05, 0) is 44.0 Å². The summed E-state index contributed by atoms with van der Waals surface area (Å²) in [4.78, 5) is 8.74. The van der Waals surface area contributed by atoms with Crippen molar-refractivity contribution in [3.8, 4) is 22.5 Å². The summed E-state index contributed by atoms with van der Waals surface area (Å²) >= 11 is 0. The smallest absolute Gasteiger partial charge is 0.213 e. The summed E-state index contributed by atoms with van der Waals surface area (Å²) in [6.45, 7) is 6.53. The molecule has 0 aliphatic heterocycles. The number of aromatic nitrogens is 3. The van der Waals surface area contributed by atoms with Crippen LogP contribution in [0.4, 0.5) is 0 Å². The van der Waals surface area contributed by atoms with Crippen molar-refractivity contribution in [2.24, 2.45) is 7.05 Å². The number of hydrogen-bond donors (Lipinski definition) is 0. The molecule has 0 saturated carbocycles. The van der Waals surface area contributed by atoms with Crippen LogP contribution in [0.25, 0.3) is 33.3 Å². The summed E-state index contributed by atoms with van der Waals surface area (Å²) in [5.41, 5.74) is 8.42. The molecule has 3 nitrogen and oxygen atoms in total. The van der Waals surface area contributed by atoms with Crippen molar-refractivity contribution in [1.82, 2.24) is 9.97 Å². The molecule has 0 radical (unpaired) electrons. The van der Waals surface area contributed by atoms with Gasteiger partial charge < -0.3 is 0 Å². The third-order valence-corrected chi connectivity index (χ3v) is 5.06. The van der Waals surface area contributed by atoms with Crippen LogP contribution in [-0.2, 0) is 7.05 Å². The van der Waals surface area contributed by atoms with Gasteiger partial charge >= 0.3 is 0 Å². The van der Waals surface area contributed by atoms with Gasteiger partial charge in [-0.1, -0.05) is 23.8 Å². The first-order chi connectivity index (χ1) is 12.5. The van der Waals surface area contributed by atoms with E-state index in [9.17, 15) is 0 Å². The Morgan fingerprint density at radius 1 is 0.923 bits per heavy atom. The molecule has 0 aliphatic carbocycles. The zero-order valence-corrected chi connectivity index (χ0v) is 15.6. The molecule has 2 aromatic heterocycles. The van der Waals surface area contributed by atoms with Crippen molar-refractivity contribution < 1.29 is 4.57 Å². The Balaban J connectivity index is 2.03. The van der Waals surface area contributed by atoms with E-state index in [0.717, 1.165) is 11.3 Å². The molecule has 26 heavy (non-hydrogen) atoms. The summed E-state index contributed by atoms with van der Waals surface area (Å²) in [7, 11) is 2.11. The fourth-order valence-corrected chi connectivity index (χ4v) is 3.61. The Kier molecular flexibility index (Phi) is 4.00. The van der Waals surface area contributed by atoms with Gasteiger partial charge in [0.1, 0.15) is 7.05 Å². The van der Waals surface area contributed by atoms with E-state index >= 15 is 0 Å². The number of pyridine rings is 1. The van der Waals surface area contributed by atoms with E-state index in [0.29, 0.717) is 0 Å². The minimum absolute atomic E-state index is 0.898. The molecular formula is C23H22N3+. The van der Waals surface area contributed by atoms with E-state index in [1.165, 1.54) is 38.7 Å². The quantitative estimate of drug-likeness (QED) is 0.495. The molecule has 0 saturated heterocycles. The number of benzene rings is 2. The monoisotopic (exact) mass is 340 g/mol. The van der Waals surface area contributed by atoms with Crippen molar-refractivity contribution >= 4 is 10.8 Å². The molecule has 3 heteroatoms. The maximum Gasteiger partial charge on any atom is 0.213 e. The minimum Gasteiger partial charge on any atom is -0.261 e. The molecule has 0 aliphatic rings. The standard InChI is InChI=1S/C23H22N3/c1-15-10-16(2)17(3)20(11-15)23-12-21-18(14-26(23)4)6-5-7-19(21)22-13-24-8-9-25-22/h5-14H,1-4H3/q+1. The van der Waals surface area contributed by atoms with Gasteiger partial charge in [0.05, 0.1) is 11.9 Å². The number of aryl methyl sites for hydroxylation is 3. The van der Waals surface area contributed by atoms with Crippen molar-refractivity contribution in [2.75, 3.05) is 0 Å². The molecule has 0 amide bonds. The first-order valence-corrected chi connectivity index (χ1v) is 8.81. The molecule has 4 aromatic rings.